The number of nitrogens with zero attached hydrogens (tertiary/aromatic N) is 1. The number of hydrogen-bond donors (Lipinski definition) is 3. The summed E-state index contributed by atoms with van der Waals surface area (Å²) in [7, 11) is 0. The van der Waals surface area contributed by atoms with E-state index in [1.54, 1.807) is 37.3 Å². The second-order valence-corrected chi connectivity index (χ2v) is 4.02. The molecule has 3 N–H and O–H groups in total. The SMILES string of the molecule is CCN(C(=O)NC(CC(=O)O)C(=O)O)c1ccccc1. The first-order valence-corrected chi connectivity index (χ1v) is 6.03. The predicted octanol–water partition coefficient (Wildman–Crippen LogP) is 1.15. The van der Waals surface area contributed by atoms with Crippen molar-refractivity contribution in [2.75, 3.05) is 11.4 Å². The van der Waals surface area contributed by atoms with Crippen molar-refractivity contribution in [1.29, 1.82) is 0 Å². The monoisotopic (exact) mass is 280 g/mol. The summed E-state index contributed by atoms with van der Waals surface area (Å²) in [6.07, 6.45) is -0.673. The fourth-order valence-electron chi connectivity index (χ4n) is 1.65. The van der Waals surface area contributed by atoms with Crippen LogP contribution in [0.25, 0.3) is 0 Å². The van der Waals surface area contributed by atoms with Crippen molar-refractivity contribution < 1.29 is 24.6 Å². The lowest BCUT2D eigenvalue weighted by Gasteiger charge is -2.23. The van der Waals surface area contributed by atoms with E-state index in [-0.39, 0.29) is 0 Å². The Kier molecular flexibility index (Phi) is 5.52. The van der Waals surface area contributed by atoms with Gasteiger partial charge in [0.15, 0.2) is 0 Å². The van der Waals surface area contributed by atoms with E-state index in [0.29, 0.717) is 12.2 Å². The maximum absolute atomic E-state index is 12.0. The Morgan fingerprint density at radius 2 is 1.80 bits per heavy atom. The molecule has 7 heteroatoms. The summed E-state index contributed by atoms with van der Waals surface area (Å²) >= 11 is 0. The molecule has 0 aliphatic carbocycles. The summed E-state index contributed by atoms with van der Waals surface area (Å²) in [4.78, 5) is 34.9. The first-order valence-electron chi connectivity index (χ1n) is 6.03. The average molecular weight is 280 g/mol. The number of carbonyl (C=O) groups excluding carboxylic acids is 1. The molecule has 0 aliphatic rings. The summed E-state index contributed by atoms with van der Waals surface area (Å²) < 4.78 is 0. The standard InChI is InChI=1S/C13H16N2O5/c1-2-15(9-6-4-3-5-7-9)13(20)14-10(12(18)19)8-11(16)17/h3-7,10H,2,8H2,1H3,(H,14,20)(H,16,17)(H,18,19). The van der Waals surface area contributed by atoms with E-state index >= 15 is 0 Å². The summed E-state index contributed by atoms with van der Waals surface area (Å²) in [5.74, 6) is -2.68. The fraction of sp³-hybridized carbons (Fsp3) is 0.308. The molecule has 0 bridgehead atoms. The predicted molar refractivity (Wildman–Crippen MR) is 71.7 cm³/mol. The number of anilines is 1. The molecule has 0 aliphatic heterocycles. The van der Waals surface area contributed by atoms with Gasteiger partial charge in [0.05, 0.1) is 6.42 Å². The minimum absolute atomic E-state index is 0.329. The lowest BCUT2D eigenvalue weighted by Crippen LogP contribution is -2.48. The van der Waals surface area contributed by atoms with Crippen molar-refractivity contribution >= 4 is 23.7 Å². The highest BCUT2D eigenvalue weighted by Gasteiger charge is 2.25. The van der Waals surface area contributed by atoms with Crippen LogP contribution in [-0.4, -0.2) is 40.8 Å². The Morgan fingerprint density at radius 1 is 1.20 bits per heavy atom. The number of hydrogen-bond acceptors (Lipinski definition) is 3. The molecule has 108 valence electrons. The quantitative estimate of drug-likeness (QED) is 0.724. The van der Waals surface area contributed by atoms with Crippen molar-refractivity contribution in [3.8, 4) is 0 Å². The highest BCUT2D eigenvalue weighted by Crippen LogP contribution is 2.13. The van der Waals surface area contributed by atoms with Gasteiger partial charge < -0.3 is 15.5 Å². The lowest BCUT2D eigenvalue weighted by molar-refractivity contribution is -0.145. The topological polar surface area (TPSA) is 107 Å². The highest BCUT2D eigenvalue weighted by atomic mass is 16.4. The van der Waals surface area contributed by atoms with Gasteiger partial charge in [-0.25, -0.2) is 9.59 Å². The molecule has 0 saturated carbocycles. The first kappa shape index (κ1) is 15.5. The number of benzene rings is 1. The fourth-order valence-corrected chi connectivity index (χ4v) is 1.65. The lowest BCUT2D eigenvalue weighted by atomic mass is 10.2. The zero-order valence-electron chi connectivity index (χ0n) is 10.9. The number of carbonyl (C=O) groups is 3. The summed E-state index contributed by atoms with van der Waals surface area (Å²) in [5, 5.41) is 19.7. The zero-order chi connectivity index (χ0) is 15.1. The Hall–Kier alpha value is -2.57. The average Bonchev–Trinajstić information content (AvgIpc) is 2.39. The third kappa shape index (κ3) is 4.27. The van der Waals surface area contributed by atoms with Crippen molar-refractivity contribution in [3.63, 3.8) is 0 Å². The van der Waals surface area contributed by atoms with Crippen LogP contribution in [0.2, 0.25) is 0 Å². The number of aliphatic carboxylic acids is 2. The first-order chi connectivity index (χ1) is 9.45. The van der Waals surface area contributed by atoms with E-state index < -0.39 is 30.4 Å². The van der Waals surface area contributed by atoms with Gasteiger partial charge in [-0.3, -0.25) is 9.69 Å². The number of carboxylic acid groups (broad SMARTS) is 2. The number of nitrogens with one attached hydrogen (secondary N) is 1. The molecule has 0 radical (unpaired) electrons. The number of amides is 2. The van der Waals surface area contributed by atoms with Crippen LogP contribution in [0.1, 0.15) is 13.3 Å². The van der Waals surface area contributed by atoms with E-state index in [4.69, 9.17) is 10.2 Å². The molecular formula is C13H16N2O5. The maximum Gasteiger partial charge on any atom is 0.326 e. The van der Waals surface area contributed by atoms with Gasteiger partial charge in [0, 0.05) is 12.2 Å². The van der Waals surface area contributed by atoms with Crippen LogP contribution < -0.4 is 10.2 Å². The Morgan fingerprint density at radius 3 is 2.25 bits per heavy atom. The van der Waals surface area contributed by atoms with Crippen LogP contribution in [0.15, 0.2) is 30.3 Å². The molecule has 0 saturated heterocycles. The molecule has 2 amide bonds. The van der Waals surface area contributed by atoms with Gasteiger partial charge in [-0.1, -0.05) is 18.2 Å². The molecule has 1 rings (SSSR count). The van der Waals surface area contributed by atoms with Crippen LogP contribution in [-0.2, 0) is 9.59 Å². The molecule has 0 fully saturated rings. The number of para-hydroxylation sites is 1. The van der Waals surface area contributed by atoms with Gasteiger partial charge in [-0.05, 0) is 19.1 Å². The molecule has 0 heterocycles. The van der Waals surface area contributed by atoms with E-state index in [1.807, 2.05) is 0 Å². The molecule has 0 spiro atoms. The van der Waals surface area contributed by atoms with Crippen molar-refractivity contribution in [2.45, 2.75) is 19.4 Å². The van der Waals surface area contributed by atoms with Crippen LogP contribution in [0.4, 0.5) is 10.5 Å². The van der Waals surface area contributed by atoms with Gasteiger partial charge >= 0.3 is 18.0 Å². The van der Waals surface area contributed by atoms with E-state index in [1.165, 1.54) is 4.90 Å². The van der Waals surface area contributed by atoms with E-state index in [2.05, 4.69) is 5.32 Å². The second-order valence-electron chi connectivity index (χ2n) is 4.02. The van der Waals surface area contributed by atoms with E-state index in [0.717, 1.165) is 0 Å². The second kappa shape index (κ2) is 7.13. The number of urea groups is 1. The molecule has 1 aromatic rings. The largest absolute Gasteiger partial charge is 0.481 e. The summed E-state index contributed by atoms with van der Waals surface area (Å²) in [5.41, 5.74) is 0.604. The van der Waals surface area contributed by atoms with Crippen LogP contribution >= 0.6 is 0 Å². The molecular weight excluding hydrogens is 264 g/mol. The molecule has 1 aromatic carbocycles. The molecule has 1 atom stereocenters. The Balaban J connectivity index is 2.81. The molecule has 7 nitrogen and oxygen atoms in total. The number of carboxylic acids is 2. The van der Waals surface area contributed by atoms with Gasteiger partial charge in [0.1, 0.15) is 6.04 Å². The Bertz CT molecular complexity index is 489. The molecule has 20 heavy (non-hydrogen) atoms. The summed E-state index contributed by atoms with van der Waals surface area (Å²) in [6, 6.07) is 6.59. The highest BCUT2D eigenvalue weighted by molar-refractivity contribution is 5.95. The smallest absolute Gasteiger partial charge is 0.326 e. The summed E-state index contributed by atoms with van der Waals surface area (Å²) in [6.45, 7) is 2.06. The molecule has 1 unspecified atom stereocenters. The van der Waals surface area contributed by atoms with Crippen LogP contribution in [0.5, 0.6) is 0 Å². The third-order valence-corrected chi connectivity index (χ3v) is 2.60. The van der Waals surface area contributed by atoms with Crippen LogP contribution in [0.3, 0.4) is 0 Å². The number of rotatable bonds is 6. The van der Waals surface area contributed by atoms with Crippen molar-refractivity contribution in [1.82, 2.24) is 5.32 Å². The minimum Gasteiger partial charge on any atom is -0.481 e. The van der Waals surface area contributed by atoms with Gasteiger partial charge in [0.2, 0.25) is 0 Å². The van der Waals surface area contributed by atoms with Gasteiger partial charge in [0.25, 0.3) is 0 Å². The zero-order valence-corrected chi connectivity index (χ0v) is 10.9. The van der Waals surface area contributed by atoms with Crippen LogP contribution in [0, 0.1) is 0 Å². The molecule has 0 aromatic heterocycles. The van der Waals surface area contributed by atoms with Gasteiger partial charge in [-0.15, -0.1) is 0 Å². The normalized spacial score (nSPS) is 11.4. The maximum atomic E-state index is 12.0. The van der Waals surface area contributed by atoms with Crippen molar-refractivity contribution in [2.24, 2.45) is 0 Å². The Labute approximate surface area is 115 Å². The minimum atomic E-state index is -1.46. The van der Waals surface area contributed by atoms with Crippen molar-refractivity contribution in [3.05, 3.63) is 30.3 Å². The third-order valence-electron chi connectivity index (χ3n) is 2.60. The van der Waals surface area contributed by atoms with E-state index in [9.17, 15) is 14.4 Å². The van der Waals surface area contributed by atoms with Gasteiger partial charge in [-0.2, -0.15) is 0 Å².